The maximum atomic E-state index is 13.1. The van der Waals surface area contributed by atoms with Gasteiger partial charge in [-0.25, -0.2) is 0 Å². The molecule has 0 bridgehead atoms. The topological polar surface area (TPSA) is 23.6 Å². The van der Waals surface area contributed by atoms with Gasteiger partial charge in [-0.2, -0.15) is 0 Å². The fourth-order valence-electron chi connectivity index (χ4n) is 3.97. The summed E-state index contributed by atoms with van der Waals surface area (Å²) in [5, 5.41) is 0. The number of likely N-dealkylation sites (tertiary alicyclic amines) is 1. The van der Waals surface area contributed by atoms with Gasteiger partial charge in [-0.05, 0) is 42.7 Å². The van der Waals surface area contributed by atoms with Crippen molar-refractivity contribution in [3.05, 3.63) is 102 Å². The van der Waals surface area contributed by atoms with Crippen LogP contribution >= 0.6 is 0 Å². The van der Waals surface area contributed by atoms with E-state index in [-0.39, 0.29) is 11.9 Å². The predicted molar refractivity (Wildman–Crippen MR) is 122 cm³/mol. The molecule has 3 aromatic rings. The summed E-state index contributed by atoms with van der Waals surface area (Å²) in [7, 11) is 0. The number of rotatable bonds is 4. The quantitative estimate of drug-likeness (QED) is 0.597. The Morgan fingerprint density at radius 1 is 0.833 bits per heavy atom. The van der Waals surface area contributed by atoms with E-state index in [4.69, 9.17) is 0 Å². The van der Waals surface area contributed by atoms with Crippen LogP contribution in [0.5, 0.6) is 0 Å². The summed E-state index contributed by atoms with van der Waals surface area (Å²) in [5.74, 6) is 5.76. The van der Waals surface area contributed by atoms with Gasteiger partial charge in [-0.15, -0.1) is 0 Å². The highest BCUT2D eigenvalue weighted by Gasteiger charge is 2.28. The van der Waals surface area contributed by atoms with E-state index in [2.05, 4.69) is 47.1 Å². The Morgan fingerprint density at radius 2 is 1.40 bits per heavy atom. The lowest BCUT2D eigenvalue weighted by Gasteiger charge is -2.37. The average Bonchev–Trinajstić information content (AvgIpc) is 2.81. The molecule has 1 fully saturated rings. The lowest BCUT2D eigenvalue weighted by molar-refractivity contribution is -0.114. The van der Waals surface area contributed by atoms with Crippen LogP contribution in [0.15, 0.2) is 91.0 Å². The fourth-order valence-corrected chi connectivity index (χ4v) is 3.97. The number of benzene rings is 3. The third kappa shape index (κ3) is 5.17. The summed E-state index contributed by atoms with van der Waals surface area (Å²) in [5.41, 5.74) is 3.11. The molecule has 0 unspecified atom stereocenters. The van der Waals surface area contributed by atoms with E-state index in [1.807, 2.05) is 65.6 Å². The third-order valence-corrected chi connectivity index (χ3v) is 5.51. The highest BCUT2D eigenvalue weighted by atomic mass is 16.2. The number of anilines is 1. The number of carbonyl (C=O) groups is 1. The van der Waals surface area contributed by atoms with E-state index < -0.39 is 0 Å². The molecule has 0 spiro atoms. The molecule has 30 heavy (non-hydrogen) atoms. The largest absolute Gasteiger partial charge is 0.303 e. The molecular weight excluding hydrogens is 368 g/mol. The fraction of sp³-hybridized carbons (Fsp3) is 0.222. The van der Waals surface area contributed by atoms with Crippen LogP contribution in [-0.4, -0.2) is 29.9 Å². The molecule has 1 aliphatic rings. The van der Waals surface area contributed by atoms with E-state index in [0.29, 0.717) is 0 Å². The molecule has 3 aromatic carbocycles. The number of hydrogen-bond acceptors (Lipinski definition) is 2. The summed E-state index contributed by atoms with van der Waals surface area (Å²) in [6.45, 7) is 2.91. The van der Waals surface area contributed by atoms with Crippen molar-refractivity contribution >= 4 is 11.6 Å². The molecule has 4 rings (SSSR count). The van der Waals surface area contributed by atoms with Gasteiger partial charge < -0.3 is 0 Å². The number of hydrogen-bond donors (Lipinski definition) is 0. The second-order valence-electron chi connectivity index (χ2n) is 7.62. The van der Waals surface area contributed by atoms with Gasteiger partial charge in [0.05, 0.1) is 0 Å². The smallest absolute Gasteiger partial charge is 0.299 e. The van der Waals surface area contributed by atoms with Gasteiger partial charge >= 0.3 is 5.91 Å². The van der Waals surface area contributed by atoms with Crippen molar-refractivity contribution < 1.29 is 4.79 Å². The van der Waals surface area contributed by atoms with Gasteiger partial charge in [-0.3, -0.25) is 14.6 Å². The molecule has 0 atom stereocenters. The summed E-state index contributed by atoms with van der Waals surface area (Å²) < 4.78 is 0. The summed E-state index contributed by atoms with van der Waals surface area (Å²) in [4.78, 5) is 17.5. The molecule has 3 heteroatoms. The van der Waals surface area contributed by atoms with Gasteiger partial charge in [0.15, 0.2) is 0 Å². The van der Waals surface area contributed by atoms with E-state index in [1.54, 1.807) is 0 Å². The maximum Gasteiger partial charge on any atom is 0.303 e. The van der Waals surface area contributed by atoms with Crippen molar-refractivity contribution in [2.75, 3.05) is 18.0 Å². The minimum absolute atomic E-state index is 0.133. The van der Waals surface area contributed by atoms with Crippen LogP contribution < -0.4 is 4.90 Å². The molecular formula is C27H26N2O. The minimum Gasteiger partial charge on any atom is -0.299 e. The lowest BCUT2D eigenvalue weighted by atomic mass is 10.0. The second kappa shape index (κ2) is 9.91. The van der Waals surface area contributed by atoms with Crippen molar-refractivity contribution in [1.29, 1.82) is 0 Å². The molecule has 1 aliphatic heterocycles. The molecule has 3 nitrogen and oxygen atoms in total. The van der Waals surface area contributed by atoms with Crippen LogP contribution in [0.1, 0.15) is 24.0 Å². The van der Waals surface area contributed by atoms with Crippen molar-refractivity contribution in [2.24, 2.45) is 0 Å². The molecule has 0 radical (unpaired) electrons. The summed E-state index contributed by atoms with van der Waals surface area (Å²) in [6, 6.07) is 30.3. The first-order valence-corrected chi connectivity index (χ1v) is 10.5. The van der Waals surface area contributed by atoms with Gasteiger partial charge in [0.2, 0.25) is 0 Å². The Hall–Kier alpha value is -3.35. The highest BCUT2D eigenvalue weighted by Crippen LogP contribution is 2.24. The first-order chi connectivity index (χ1) is 14.8. The molecule has 0 saturated carbocycles. The molecule has 0 aromatic heterocycles. The standard InChI is InChI=1S/C27H26N2O/c30-27(17-16-23-10-4-1-5-11-23)29(25-14-8-3-9-15-25)26-18-20-28(21-19-26)22-24-12-6-2-7-13-24/h1-15,26H,18-22H2. The molecule has 1 amide bonds. The van der Waals surface area contributed by atoms with Crippen molar-refractivity contribution in [1.82, 2.24) is 4.90 Å². The minimum atomic E-state index is -0.133. The number of para-hydroxylation sites is 1. The lowest BCUT2D eigenvalue weighted by Crippen LogP contribution is -2.47. The number of piperidine rings is 1. The monoisotopic (exact) mass is 394 g/mol. The first kappa shape index (κ1) is 19.9. The summed E-state index contributed by atoms with van der Waals surface area (Å²) >= 11 is 0. The molecule has 1 heterocycles. The zero-order chi connectivity index (χ0) is 20.6. The molecule has 1 saturated heterocycles. The Labute approximate surface area is 179 Å². The number of carbonyl (C=O) groups excluding carboxylic acids is 1. The zero-order valence-electron chi connectivity index (χ0n) is 17.1. The van der Waals surface area contributed by atoms with Gasteiger partial charge in [-0.1, -0.05) is 72.7 Å². The van der Waals surface area contributed by atoms with Crippen LogP contribution in [0.25, 0.3) is 0 Å². The van der Waals surface area contributed by atoms with Crippen molar-refractivity contribution in [2.45, 2.75) is 25.4 Å². The zero-order valence-corrected chi connectivity index (χ0v) is 17.1. The van der Waals surface area contributed by atoms with E-state index in [9.17, 15) is 4.79 Å². The van der Waals surface area contributed by atoms with Gasteiger partial charge in [0, 0.05) is 42.8 Å². The number of amides is 1. The van der Waals surface area contributed by atoms with Crippen LogP contribution in [-0.2, 0) is 11.3 Å². The van der Waals surface area contributed by atoms with E-state index >= 15 is 0 Å². The summed E-state index contributed by atoms with van der Waals surface area (Å²) in [6.07, 6.45) is 1.89. The molecule has 0 N–H and O–H groups in total. The third-order valence-electron chi connectivity index (χ3n) is 5.51. The maximum absolute atomic E-state index is 13.1. The average molecular weight is 395 g/mol. The van der Waals surface area contributed by atoms with Crippen molar-refractivity contribution in [3.63, 3.8) is 0 Å². The van der Waals surface area contributed by atoms with Crippen LogP contribution in [0, 0.1) is 11.8 Å². The van der Waals surface area contributed by atoms with E-state index in [1.165, 1.54) is 5.56 Å². The Balaban J connectivity index is 1.47. The SMILES string of the molecule is O=C(C#Cc1ccccc1)N(c1ccccc1)C1CCN(Cc2ccccc2)CC1. The van der Waals surface area contributed by atoms with Crippen LogP contribution in [0.2, 0.25) is 0 Å². The Kier molecular flexibility index (Phi) is 6.59. The number of nitrogens with zero attached hydrogens (tertiary/aromatic N) is 2. The van der Waals surface area contributed by atoms with Gasteiger partial charge in [0.1, 0.15) is 0 Å². The Morgan fingerprint density at radius 3 is 2.03 bits per heavy atom. The van der Waals surface area contributed by atoms with Gasteiger partial charge in [0.25, 0.3) is 0 Å². The van der Waals surface area contributed by atoms with Crippen LogP contribution in [0.4, 0.5) is 5.69 Å². The predicted octanol–water partition coefficient (Wildman–Crippen LogP) is 4.74. The normalized spacial score (nSPS) is 14.5. The Bertz CT molecular complexity index is 998. The molecule has 150 valence electrons. The van der Waals surface area contributed by atoms with E-state index in [0.717, 1.165) is 43.7 Å². The first-order valence-electron chi connectivity index (χ1n) is 10.5. The van der Waals surface area contributed by atoms with Crippen LogP contribution in [0.3, 0.4) is 0 Å². The second-order valence-corrected chi connectivity index (χ2v) is 7.62. The van der Waals surface area contributed by atoms with Crippen molar-refractivity contribution in [3.8, 4) is 11.8 Å². The highest BCUT2D eigenvalue weighted by molar-refractivity contribution is 6.06. The molecule has 0 aliphatic carbocycles.